The van der Waals surface area contributed by atoms with Crippen LogP contribution in [0.5, 0.6) is 0 Å². The second-order valence-corrected chi connectivity index (χ2v) is 6.58. The van der Waals surface area contributed by atoms with Crippen LogP contribution in [0.3, 0.4) is 0 Å². The number of nitrogens with zero attached hydrogens (tertiary/aromatic N) is 5. The number of anilines is 1. The molecule has 3 heterocycles. The second kappa shape index (κ2) is 5.90. The minimum absolute atomic E-state index is 0.0271. The zero-order valence-electron chi connectivity index (χ0n) is 13.8. The van der Waals surface area contributed by atoms with Crippen LogP contribution in [-0.4, -0.2) is 44.3 Å². The highest BCUT2D eigenvalue weighted by atomic mass is 16.2. The molecular weight excluding hydrogens is 306 g/mol. The third-order valence-electron chi connectivity index (χ3n) is 5.02. The summed E-state index contributed by atoms with van der Waals surface area (Å²) in [7, 11) is 1.63. The van der Waals surface area contributed by atoms with Gasteiger partial charge in [-0.05, 0) is 31.0 Å². The van der Waals surface area contributed by atoms with Crippen LogP contribution in [-0.2, 0) is 24.9 Å². The Kier molecular flexibility index (Phi) is 3.72. The summed E-state index contributed by atoms with van der Waals surface area (Å²) in [6.45, 7) is 2.62. The maximum Gasteiger partial charge on any atom is 0.345 e. The molecule has 0 N–H and O–H groups in total. The van der Waals surface area contributed by atoms with Crippen LogP contribution in [0, 0.1) is 0 Å². The van der Waals surface area contributed by atoms with Gasteiger partial charge in [0.25, 0.3) is 0 Å². The van der Waals surface area contributed by atoms with Gasteiger partial charge in [-0.15, -0.1) is 0 Å². The molecule has 1 fully saturated rings. The molecule has 7 nitrogen and oxygen atoms in total. The van der Waals surface area contributed by atoms with Gasteiger partial charge in [0.15, 0.2) is 0 Å². The summed E-state index contributed by atoms with van der Waals surface area (Å²) >= 11 is 0. The monoisotopic (exact) mass is 327 g/mol. The third-order valence-corrected chi connectivity index (χ3v) is 5.02. The topological polar surface area (TPSA) is 63.4 Å². The van der Waals surface area contributed by atoms with Crippen molar-refractivity contribution < 1.29 is 4.79 Å². The van der Waals surface area contributed by atoms with Gasteiger partial charge in [-0.1, -0.05) is 18.2 Å². The molecule has 2 aliphatic rings. The summed E-state index contributed by atoms with van der Waals surface area (Å²) in [5.74, 6) is -0.0861. The van der Waals surface area contributed by atoms with Gasteiger partial charge in [0.1, 0.15) is 12.9 Å². The predicted molar refractivity (Wildman–Crippen MR) is 89.7 cm³/mol. The third kappa shape index (κ3) is 2.54. The van der Waals surface area contributed by atoms with Crippen LogP contribution in [0.25, 0.3) is 0 Å². The van der Waals surface area contributed by atoms with Crippen molar-refractivity contribution in [3.8, 4) is 0 Å². The number of aromatic nitrogens is 3. The Morgan fingerprint density at radius 3 is 2.96 bits per heavy atom. The Bertz CT molecular complexity index is 824. The fourth-order valence-electron chi connectivity index (χ4n) is 3.72. The van der Waals surface area contributed by atoms with Gasteiger partial charge in [-0.25, -0.2) is 9.48 Å². The van der Waals surface area contributed by atoms with Crippen molar-refractivity contribution in [1.82, 2.24) is 19.2 Å². The Morgan fingerprint density at radius 1 is 1.33 bits per heavy atom. The Balaban J connectivity index is 1.66. The highest BCUT2D eigenvalue weighted by Gasteiger charge is 2.33. The zero-order valence-corrected chi connectivity index (χ0v) is 13.8. The molecule has 1 saturated heterocycles. The molecule has 2 aromatic rings. The van der Waals surface area contributed by atoms with E-state index < -0.39 is 0 Å². The predicted octanol–water partition coefficient (Wildman–Crippen LogP) is 0.593. The fraction of sp³-hybridized carbons (Fsp3) is 0.471. The van der Waals surface area contributed by atoms with E-state index in [-0.39, 0.29) is 18.1 Å². The summed E-state index contributed by atoms with van der Waals surface area (Å²) < 4.78 is 2.60. The number of hydrogen-bond acceptors (Lipinski definition) is 4. The summed E-state index contributed by atoms with van der Waals surface area (Å²) in [6.07, 6.45) is 3.72. The summed E-state index contributed by atoms with van der Waals surface area (Å²) in [6, 6.07) is 8.45. The van der Waals surface area contributed by atoms with Crippen LogP contribution in [0.1, 0.15) is 18.4 Å². The first-order valence-electron chi connectivity index (χ1n) is 8.34. The number of rotatable bonds is 2. The normalized spacial score (nSPS) is 20.5. The Morgan fingerprint density at radius 2 is 2.17 bits per heavy atom. The number of carbonyl (C=O) groups is 1. The van der Waals surface area contributed by atoms with E-state index in [2.05, 4.69) is 16.1 Å². The molecule has 1 aromatic heterocycles. The molecule has 126 valence electrons. The minimum atomic E-state index is -0.269. The van der Waals surface area contributed by atoms with Crippen molar-refractivity contribution in [2.24, 2.45) is 7.05 Å². The minimum Gasteiger partial charge on any atom is -0.309 e. The number of hydrogen-bond donors (Lipinski definition) is 0. The van der Waals surface area contributed by atoms with Crippen LogP contribution in [0.2, 0.25) is 0 Å². The van der Waals surface area contributed by atoms with Crippen LogP contribution in [0.4, 0.5) is 5.69 Å². The first kappa shape index (κ1) is 15.1. The van der Waals surface area contributed by atoms with Crippen molar-refractivity contribution in [1.29, 1.82) is 0 Å². The average molecular weight is 327 g/mol. The molecule has 2 aliphatic heterocycles. The van der Waals surface area contributed by atoms with Crippen LogP contribution >= 0.6 is 0 Å². The molecule has 0 aliphatic carbocycles. The van der Waals surface area contributed by atoms with E-state index >= 15 is 0 Å². The largest absolute Gasteiger partial charge is 0.345 e. The van der Waals surface area contributed by atoms with Gasteiger partial charge in [0.2, 0.25) is 5.91 Å². The summed E-state index contributed by atoms with van der Waals surface area (Å²) in [5.41, 5.74) is 1.86. The molecule has 1 amide bonds. The van der Waals surface area contributed by atoms with Crippen molar-refractivity contribution in [2.45, 2.75) is 32.0 Å². The highest BCUT2D eigenvalue weighted by Crippen LogP contribution is 2.31. The quantitative estimate of drug-likeness (QED) is 0.810. The zero-order chi connectivity index (χ0) is 16.7. The molecule has 0 unspecified atom stereocenters. The molecule has 4 rings (SSSR count). The van der Waals surface area contributed by atoms with Crippen molar-refractivity contribution in [3.63, 3.8) is 0 Å². The number of para-hydroxylation sites is 1. The van der Waals surface area contributed by atoms with E-state index in [0.29, 0.717) is 12.6 Å². The molecule has 1 aromatic carbocycles. The first-order valence-corrected chi connectivity index (χ1v) is 8.34. The van der Waals surface area contributed by atoms with E-state index in [1.807, 2.05) is 23.1 Å². The van der Waals surface area contributed by atoms with Crippen LogP contribution in [0.15, 0.2) is 35.4 Å². The lowest BCUT2D eigenvalue weighted by Crippen LogP contribution is -2.43. The molecule has 0 radical (unpaired) electrons. The fourth-order valence-corrected chi connectivity index (χ4v) is 3.72. The number of amides is 1. The van der Waals surface area contributed by atoms with Gasteiger partial charge in [0, 0.05) is 31.9 Å². The van der Waals surface area contributed by atoms with E-state index in [9.17, 15) is 9.59 Å². The average Bonchev–Trinajstić information content (AvgIpc) is 3.10. The highest BCUT2D eigenvalue weighted by molar-refractivity contribution is 5.94. The lowest BCUT2D eigenvalue weighted by Gasteiger charge is -2.26. The number of benzene rings is 1. The maximum absolute atomic E-state index is 12.9. The maximum atomic E-state index is 12.9. The smallest absolute Gasteiger partial charge is 0.309 e. The van der Waals surface area contributed by atoms with Gasteiger partial charge >= 0.3 is 5.69 Å². The lowest BCUT2D eigenvalue weighted by molar-refractivity contribution is -0.119. The molecule has 0 bridgehead atoms. The van der Waals surface area contributed by atoms with E-state index in [1.54, 1.807) is 7.05 Å². The number of carbonyl (C=O) groups excluding carboxylic acids is 1. The SMILES string of the molecule is Cn1cnn(CC(=O)N2C[C@H]3CCCN3Cc3ccccc32)c1=O. The van der Waals surface area contributed by atoms with Gasteiger partial charge in [-0.2, -0.15) is 5.10 Å². The van der Waals surface area contributed by atoms with Gasteiger partial charge < -0.3 is 4.90 Å². The first-order chi connectivity index (χ1) is 11.6. The molecule has 7 heteroatoms. The number of fused-ring (bicyclic) bond motifs is 2. The molecular formula is C17H21N5O2. The summed E-state index contributed by atoms with van der Waals surface area (Å²) in [5, 5.41) is 4.01. The van der Waals surface area contributed by atoms with Crippen molar-refractivity contribution >= 4 is 11.6 Å². The standard InChI is InChI=1S/C17H21N5O2/c1-19-12-18-22(17(19)24)11-16(23)21-10-14-6-4-8-20(14)9-13-5-2-3-7-15(13)21/h2-3,5,7,12,14H,4,6,8-11H2,1H3/t14-/m1/s1. The van der Waals surface area contributed by atoms with E-state index in [4.69, 9.17) is 0 Å². The van der Waals surface area contributed by atoms with Crippen molar-refractivity contribution in [3.05, 3.63) is 46.6 Å². The van der Waals surface area contributed by atoms with Gasteiger partial charge in [0.05, 0.1) is 0 Å². The molecule has 1 atom stereocenters. The summed E-state index contributed by atoms with van der Waals surface area (Å²) in [4.78, 5) is 29.2. The Hall–Kier alpha value is -2.41. The molecule has 24 heavy (non-hydrogen) atoms. The lowest BCUT2D eigenvalue weighted by atomic mass is 10.1. The van der Waals surface area contributed by atoms with Crippen LogP contribution < -0.4 is 10.6 Å². The number of aryl methyl sites for hydroxylation is 1. The molecule has 0 spiro atoms. The van der Waals surface area contributed by atoms with Gasteiger partial charge in [-0.3, -0.25) is 14.3 Å². The Labute approximate surface area is 140 Å². The van der Waals surface area contributed by atoms with E-state index in [0.717, 1.165) is 25.2 Å². The van der Waals surface area contributed by atoms with Crippen molar-refractivity contribution in [2.75, 3.05) is 18.0 Å². The second-order valence-electron chi connectivity index (χ2n) is 6.58. The molecule has 0 saturated carbocycles. The van der Waals surface area contributed by atoms with E-state index in [1.165, 1.54) is 27.6 Å².